The van der Waals surface area contributed by atoms with Crippen LogP contribution in [0.2, 0.25) is 0 Å². The third-order valence-corrected chi connectivity index (χ3v) is 8.37. The second-order valence-electron chi connectivity index (χ2n) is 11.4. The summed E-state index contributed by atoms with van der Waals surface area (Å²) in [5, 5.41) is 2.81. The topological polar surface area (TPSA) is 137 Å². The molecule has 5 N–H and O–H groups in total. The van der Waals surface area contributed by atoms with Gasteiger partial charge in [0.05, 0.1) is 0 Å². The lowest BCUT2D eigenvalue weighted by molar-refractivity contribution is -0.143. The second-order valence-corrected chi connectivity index (χ2v) is 11.4. The van der Waals surface area contributed by atoms with Crippen LogP contribution in [0.25, 0.3) is 0 Å². The van der Waals surface area contributed by atoms with Crippen molar-refractivity contribution >= 4 is 29.5 Å². The van der Waals surface area contributed by atoms with Crippen LogP contribution < -0.4 is 21.7 Å². The summed E-state index contributed by atoms with van der Waals surface area (Å²) in [6.07, 6.45) is 7.06. The lowest BCUT2D eigenvalue weighted by Gasteiger charge is -2.40. The minimum atomic E-state index is -0.766. The average molecular weight is 540 g/mol. The smallest absolute Gasteiger partial charge is 0.325 e. The number of aliphatic imine (C=N–C) groups is 1. The van der Waals surface area contributed by atoms with Crippen molar-refractivity contribution < 1.29 is 14.4 Å². The standard InChI is InChI=1S/C29H45N7O3/c1-20(2)22-11-6-7-13-24(22)34-15-17-35(18-16-34)27(38)25(19-21-9-4-3-5-10-21)36-26(37)23(33-29(36)39)12-8-14-32-28(30)31/h6-7,11,13,20-21,23,25H,3-5,8-10,12,14-19H2,1-2H3,(H,33,39)(H4,30,31,32)/t23-,25-/m1/s1. The molecule has 0 radical (unpaired) electrons. The quantitative estimate of drug-likeness (QED) is 0.181. The van der Waals surface area contributed by atoms with Crippen LogP contribution in [-0.4, -0.2) is 78.4 Å². The number of nitrogens with one attached hydrogen (secondary N) is 1. The molecule has 2 atom stereocenters. The Morgan fingerprint density at radius 3 is 2.41 bits per heavy atom. The van der Waals surface area contributed by atoms with Gasteiger partial charge in [0.2, 0.25) is 5.91 Å². The molecule has 0 bridgehead atoms. The van der Waals surface area contributed by atoms with Crippen molar-refractivity contribution in [1.82, 2.24) is 15.1 Å². The molecule has 1 aromatic carbocycles. The summed E-state index contributed by atoms with van der Waals surface area (Å²) >= 11 is 0. The predicted octanol–water partition coefficient (Wildman–Crippen LogP) is 2.77. The molecule has 2 heterocycles. The number of imide groups is 1. The van der Waals surface area contributed by atoms with E-state index >= 15 is 0 Å². The largest absolute Gasteiger partial charge is 0.370 e. The maximum atomic E-state index is 14.0. The van der Waals surface area contributed by atoms with Gasteiger partial charge in [-0.3, -0.25) is 14.6 Å². The number of urea groups is 1. The van der Waals surface area contributed by atoms with E-state index in [2.05, 4.69) is 53.3 Å². The molecule has 1 saturated carbocycles. The maximum absolute atomic E-state index is 14.0. The third kappa shape index (κ3) is 7.02. The fourth-order valence-electron chi connectivity index (χ4n) is 6.24. The Morgan fingerprint density at radius 2 is 1.74 bits per heavy atom. The van der Waals surface area contributed by atoms with Gasteiger partial charge in [0, 0.05) is 38.4 Å². The predicted molar refractivity (Wildman–Crippen MR) is 153 cm³/mol. The van der Waals surface area contributed by atoms with E-state index in [-0.39, 0.29) is 17.8 Å². The first-order chi connectivity index (χ1) is 18.8. The lowest BCUT2D eigenvalue weighted by Crippen LogP contribution is -2.57. The van der Waals surface area contributed by atoms with Gasteiger partial charge < -0.3 is 26.6 Å². The molecule has 10 heteroatoms. The molecule has 214 valence electrons. The molecule has 4 rings (SSSR count). The van der Waals surface area contributed by atoms with Crippen LogP contribution in [-0.2, 0) is 9.59 Å². The van der Waals surface area contributed by atoms with Crippen LogP contribution in [0.4, 0.5) is 10.5 Å². The number of hydrogen-bond acceptors (Lipinski definition) is 5. The number of piperazine rings is 1. The number of para-hydroxylation sites is 1. The molecule has 0 unspecified atom stereocenters. The van der Waals surface area contributed by atoms with Crippen molar-refractivity contribution in [2.75, 3.05) is 37.6 Å². The number of carbonyl (C=O) groups excluding carboxylic acids is 3. The van der Waals surface area contributed by atoms with Gasteiger partial charge in [0.15, 0.2) is 5.96 Å². The summed E-state index contributed by atoms with van der Waals surface area (Å²) in [5.41, 5.74) is 13.3. The van der Waals surface area contributed by atoms with E-state index in [0.29, 0.717) is 50.7 Å². The lowest BCUT2D eigenvalue weighted by atomic mass is 9.84. The highest BCUT2D eigenvalue weighted by Crippen LogP contribution is 2.32. The summed E-state index contributed by atoms with van der Waals surface area (Å²) in [6.45, 7) is 7.35. The Bertz CT molecular complexity index is 1040. The van der Waals surface area contributed by atoms with Gasteiger partial charge in [0.25, 0.3) is 5.91 Å². The third-order valence-electron chi connectivity index (χ3n) is 8.37. The van der Waals surface area contributed by atoms with E-state index in [1.807, 2.05) is 4.90 Å². The van der Waals surface area contributed by atoms with E-state index < -0.39 is 18.1 Å². The van der Waals surface area contributed by atoms with Crippen LogP contribution >= 0.6 is 0 Å². The van der Waals surface area contributed by atoms with Gasteiger partial charge in [-0.25, -0.2) is 9.69 Å². The molecule has 3 fully saturated rings. The van der Waals surface area contributed by atoms with Gasteiger partial charge in [-0.15, -0.1) is 0 Å². The van der Waals surface area contributed by atoms with Gasteiger partial charge in [-0.2, -0.15) is 0 Å². The minimum absolute atomic E-state index is 0.00402. The summed E-state index contributed by atoms with van der Waals surface area (Å²) in [6, 6.07) is 6.56. The van der Waals surface area contributed by atoms with Gasteiger partial charge in [-0.05, 0) is 42.7 Å². The molecule has 4 amide bonds. The van der Waals surface area contributed by atoms with Crippen molar-refractivity contribution in [3.8, 4) is 0 Å². The molecular weight excluding hydrogens is 494 g/mol. The maximum Gasteiger partial charge on any atom is 0.325 e. The summed E-state index contributed by atoms with van der Waals surface area (Å²) < 4.78 is 0. The number of carbonyl (C=O) groups is 3. The number of rotatable bonds is 10. The first-order valence-electron chi connectivity index (χ1n) is 14.6. The molecular formula is C29H45N7O3. The highest BCUT2D eigenvalue weighted by Gasteiger charge is 2.46. The van der Waals surface area contributed by atoms with Crippen molar-refractivity contribution in [2.24, 2.45) is 22.4 Å². The summed E-state index contributed by atoms with van der Waals surface area (Å²) in [7, 11) is 0. The number of guanidine groups is 1. The molecule has 2 aliphatic heterocycles. The number of nitrogens with zero attached hydrogens (tertiary/aromatic N) is 4. The molecule has 1 aromatic rings. The fourth-order valence-corrected chi connectivity index (χ4v) is 6.24. The zero-order chi connectivity index (χ0) is 27.9. The molecule has 2 saturated heterocycles. The first-order valence-corrected chi connectivity index (χ1v) is 14.6. The van der Waals surface area contributed by atoms with Crippen molar-refractivity contribution in [3.63, 3.8) is 0 Å². The normalized spacial score (nSPS) is 21.3. The SMILES string of the molecule is CC(C)c1ccccc1N1CCN(C(=O)[C@@H](CC2CCCCC2)N2C(=O)N[C@H](CCCN=C(N)N)C2=O)CC1. The number of amides is 4. The Balaban J connectivity index is 1.46. The van der Waals surface area contributed by atoms with Gasteiger partial charge >= 0.3 is 6.03 Å². The van der Waals surface area contributed by atoms with Crippen LogP contribution in [0.3, 0.4) is 0 Å². The molecule has 0 aromatic heterocycles. The molecule has 0 spiro atoms. The second kappa shape index (κ2) is 13.2. The molecule has 10 nitrogen and oxygen atoms in total. The first kappa shape index (κ1) is 28.7. The number of nitrogens with two attached hydrogens (primary N) is 2. The number of hydrogen-bond donors (Lipinski definition) is 3. The Labute approximate surface area is 232 Å². The monoisotopic (exact) mass is 539 g/mol. The highest BCUT2D eigenvalue weighted by molar-refractivity contribution is 6.07. The Kier molecular flexibility index (Phi) is 9.69. The Morgan fingerprint density at radius 1 is 1.05 bits per heavy atom. The molecule has 1 aliphatic carbocycles. The number of benzene rings is 1. The van der Waals surface area contributed by atoms with Crippen molar-refractivity contribution in [2.45, 2.75) is 83.2 Å². The summed E-state index contributed by atoms with van der Waals surface area (Å²) in [5.74, 6) is 0.330. The number of anilines is 1. The minimum Gasteiger partial charge on any atom is -0.370 e. The van der Waals surface area contributed by atoms with Gasteiger partial charge in [-0.1, -0.05) is 64.2 Å². The van der Waals surface area contributed by atoms with Gasteiger partial charge in [0.1, 0.15) is 12.1 Å². The zero-order valence-corrected chi connectivity index (χ0v) is 23.5. The van der Waals surface area contributed by atoms with E-state index in [0.717, 1.165) is 38.8 Å². The zero-order valence-electron chi connectivity index (χ0n) is 23.5. The van der Waals surface area contributed by atoms with E-state index in [1.54, 1.807) is 0 Å². The summed E-state index contributed by atoms with van der Waals surface area (Å²) in [4.78, 5) is 49.9. The molecule has 3 aliphatic rings. The van der Waals surface area contributed by atoms with Crippen LogP contribution in [0.15, 0.2) is 29.3 Å². The van der Waals surface area contributed by atoms with E-state index in [9.17, 15) is 14.4 Å². The van der Waals surface area contributed by atoms with Crippen molar-refractivity contribution in [3.05, 3.63) is 29.8 Å². The Hall–Kier alpha value is -3.30. The van der Waals surface area contributed by atoms with E-state index in [1.165, 1.54) is 22.6 Å². The molecule has 39 heavy (non-hydrogen) atoms. The van der Waals surface area contributed by atoms with Crippen LogP contribution in [0, 0.1) is 5.92 Å². The van der Waals surface area contributed by atoms with E-state index in [4.69, 9.17) is 11.5 Å². The highest BCUT2D eigenvalue weighted by atomic mass is 16.2. The van der Waals surface area contributed by atoms with Crippen LogP contribution in [0.5, 0.6) is 0 Å². The van der Waals surface area contributed by atoms with Crippen LogP contribution in [0.1, 0.15) is 76.7 Å². The van der Waals surface area contributed by atoms with Crippen molar-refractivity contribution in [1.29, 1.82) is 0 Å². The fraction of sp³-hybridized carbons (Fsp3) is 0.655. The average Bonchev–Trinajstić information content (AvgIpc) is 3.22.